The van der Waals surface area contributed by atoms with E-state index < -0.39 is 47.6 Å². The molecule has 0 aliphatic heterocycles. The first-order valence-corrected chi connectivity index (χ1v) is 17.5. The zero-order chi connectivity index (χ0) is 28.7. The number of carbonyl (C=O) groups is 1. The minimum atomic E-state index is -3.29. The molecule has 0 aliphatic rings. The summed E-state index contributed by atoms with van der Waals surface area (Å²) in [7, 11) is -4.73. The molecule has 0 saturated heterocycles. The number of rotatable bonds is 28. The lowest BCUT2D eigenvalue weighted by Crippen LogP contribution is -2.37. The molecule has 0 bridgehead atoms. The molecule has 38 heavy (non-hydrogen) atoms. The van der Waals surface area contributed by atoms with Gasteiger partial charge in [0.1, 0.15) is 6.61 Å². The lowest BCUT2D eigenvalue weighted by Gasteiger charge is -2.25. The van der Waals surface area contributed by atoms with Gasteiger partial charge in [-0.25, -0.2) is 13.2 Å². The molecule has 0 aliphatic carbocycles. The maximum atomic E-state index is 13.3. The summed E-state index contributed by atoms with van der Waals surface area (Å²) in [5.41, 5.74) is 0. The highest BCUT2D eigenvalue weighted by Gasteiger charge is 2.46. The van der Waals surface area contributed by atoms with Crippen molar-refractivity contribution in [1.82, 2.24) is 0 Å². The van der Waals surface area contributed by atoms with Crippen LogP contribution in [0.5, 0.6) is 0 Å². The molecule has 0 heterocycles. The van der Waals surface area contributed by atoms with Crippen LogP contribution in [0.25, 0.3) is 0 Å². The molecule has 2 N–H and O–H groups in total. The highest BCUT2D eigenvalue weighted by molar-refractivity contribution is 7.92. The second-order valence-corrected chi connectivity index (χ2v) is 13.9. The van der Waals surface area contributed by atoms with Crippen LogP contribution < -0.4 is 0 Å². The summed E-state index contributed by atoms with van der Waals surface area (Å²) >= 11 is 0. The second kappa shape index (κ2) is 23.1. The maximum Gasteiger partial charge on any atom is 0.390 e. The molecule has 0 saturated carbocycles. The molecule has 8 nitrogen and oxygen atoms in total. The average Bonchev–Trinajstić information content (AvgIpc) is 2.88. The molecule has 0 fully saturated rings. The predicted octanol–water partition coefficient (Wildman–Crippen LogP) is 6.66. The fourth-order valence-corrected chi connectivity index (χ4v) is 6.84. The topological polar surface area (TPSA) is 127 Å². The normalized spacial score (nSPS) is 15.4. The van der Waals surface area contributed by atoms with E-state index >= 15 is 0 Å². The van der Waals surface area contributed by atoms with E-state index in [1.165, 1.54) is 44.9 Å². The number of carboxylic acids is 1. The first-order valence-electron chi connectivity index (χ1n) is 14.9. The summed E-state index contributed by atoms with van der Waals surface area (Å²) in [5.74, 6) is -1.39. The molecule has 226 valence electrons. The molecule has 0 aromatic heterocycles. The molecule has 0 aromatic rings. The monoisotopic (exact) mass is 583 g/mol. The van der Waals surface area contributed by atoms with Crippen molar-refractivity contribution in [3.63, 3.8) is 0 Å². The Labute approximate surface area is 233 Å². The van der Waals surface area contributed by atoms with Gasteiger partial charge in [0, 0.05) is 13.2 Å². The van der Waals surface area contributed by atoms with Gasteiger partial charge in [0.05, 0.1) is 17.1 Å². The standard InChI is InChI=1S/C28H55O8PS/c1-4-6-8-10-11-12-13-14-16-18-23-38(33,34)26(20-17-15-9-7-5-2)25(3)36-22-19-21-35-24-28(31,37-32)27(29)30/h25-26,31H,4-24H2,1-3H3,(H,29,30)/p+1. The Kier molecular flexibility index (Phi) is 22.8. The van der Waals surface area contributed by atoms with Crippen molar-refractivity contribution in [2.75, 3.05) is 25.6 Å². The van der Waals surface area contributed by atoms with E-state index in [2.05, 4.69) is 13.8 Å². The van der Waals surface area contributed by atoms with E-state index in [1.807, 2.05) is 6.92 Å². The quantitative estimate of drug-likeness (QED) is 0.0773. The molecular weight excluding hydrogens is 527 g/mol. The summed E-state index contributed by atoms with van der Waals surface area (Å²) in [6.07, 6.45) is 17.4. The third-order valence-corrected chi connectivity index (χ3v) is 10.1. The van der Waals surface area contributed by atoms with Crippen LogP contribution in [0.3, 0.4) is 0 Å². The number of hydrogen-bond acceptors (Lipinski definition) is 7. The first-order chi connectivity index (χ1) is 18.1. The number of hydrogen-bond donors (Lipinski definition) is 2. The zero-order valence-corrected chi connectivity index (χ0v) is 26.1. The van der Waals surface area contributed by atoms with E-state index in [1.54, 1.807) is 0 Å². The molecule has 0 rings (SSSR count). The van der Waals surface area contributed by atoms with Crippen molar-refractivity contribution < 1.29 is 37.5 Å². The van der Waals surface area contributed by atoms with Crippen LogP contribution in [0.4, 0.5) is 0 Å². The predicted molar refractivity (Wildman–Crippen MR) is 155 cm³/mol. The Morgan fingerprint density at radius 1 is 0.816 bits per heavy atom. The third-order valence-electron chi connectivity index (χ3n) is 7.01. The molecule has 4 atom stereocenters. The van der Waals surface area contributed by atoms with Crippen LogP contribution in [0, 0.1) is 0 Å². The Bertz CT molecular complexity index is 703. The molecule has 0 aromatic carbocycles. The minimum absolute atomic E-state index is 0.111. The Hall–Kier alpha value is -0.600. The average molecular weight is 584 g/mol. The van der Waals surface area contributed by atoms with E-state index in [-0.39, 0.29) is 19.0 Å². The third kappa shape index (κ3) is 17.9. The van der Waals surface area contributed by atoms with Gasteiger partial charge in [0.15, 0.2) is 9.84 Å². The fraction of sp³-hybridized carbons (Fsp3) is 0.964. The van der Waals surface area contributed by atoms with Crippen LogP contribution >= 0.6 is 8.46 Å². The summed E-state index contributed by atoms with van der Waals surface area (Å²) < 4.78 is 48.5. The summed E-state index contributed by atoms with van der Waals surface area (Å²) in [6.45, 7) is 5.98. The van der Waals surface area contributed by atoms with Crippen LogP contribution in [0.15, 0.2) is 0 Å². The van der Waals surface area contributed by atoms with Gasteiger partial charge in [-0.05, 0) is 26.2 Å². The van der Waals surface area contributed by atoms with Gasteiger partial charge < -0.3 is 19.7 Å². The van der Waals surface area contributed by atoms with Crippen LogP contribution in [0.1, 0.15) is 130 Å². The second-order valence-electron chi connectivity index (χ2n) is 10.5. The lowest BCUT2D eigenvalue weighted by atomic mass is 10.1. The van der Waals surface area contributed by atoms with E-state index in [9.17, 15) is 22.9 Å². The van der Waals surface area contributed by atoms with Gasteiger partial charge in [0.25, 0.3) is 0 Å². The molecule has 10 heteroatoms. The van der Waals surface area contributed by atoms with Crippen LogP contribution in [0.2, 0.25) is 0 Å². The van der Waals surface area contributed by atoms with Crippen LogP contribution in [-0.4, -0.2) is 66.9 Å². The van der Waals surface area contributed by atoms with Crippen molar-refractivity contribution >= 4 is 24.3 Å². The highest BCUT2D eigenvalue weighted by Crippen LogP contribution is 2.22. The van der Waals surface area contributed by atoms with Gasteiger partial charge in [-0.1, -0.05) is 108 Å². The maximum absolute atomic E-state index is 13.3. The number of aliphatic carboxylic acids is 1. The number of unbranched alkanes of at least 4 members (excludes halogenated alkanes) is 13. The fourth-order valence-electron chi connectivity index (χ4n) is 4.49. The van der Waals surface area contributed by atoms with Crippen molar-refractivity contribution in [3.8, 4) is 0 Å². The van der Waals surface area contributed by atoms with E-state index in [0.717, 1.165) is 44.9 Å². The van der Waals surface area contributed by atoms with Crippen LogP contribution in [-0.2, 0) is 28.7 Å². The minimum Gasteiger partial charge on any atom is -0.476 e. The van der Waals surface area contributed by atoms with Crippen molar-refractivity contribution in [2.24, 2.45) is 0 Å². The summed E-state index contributed by atoms with van der Waals surface area (Å²) in [4.78, 5) is 11.0. The Morgan fingerprint density at radius 2 is 1.32 bits per heavy atom. The Balaban J connectivity index is 4.55. The molecule has 0 radical (unpaired) electrons. The number of ether oxygens (including phenoxy) is 2. The first kappa shape index (κ1) is 37.4. The van der Waals surface area contributed by atoms with Gasteiger partial charge >= 0.3 is 19.8 Å². The number of sulfone groups is 1. The van der Waals surface area contributed by atoms with Crippen molar-refractivity contribution in [2.45, 2.75) is 147 Å². The summed E-state index contributed by atoms with van der Waals surface area (Å²) in [5, 5.41) is 15.7. The molecule has 0 amide bonds. The van der Waals surface area contributed by atoms with Crippen molar-refractivity contribution in [3.05, 3.63) is 0 Å². The zero-order valence-electron chi connectivity index (χ0n) is 24.3. The summed E-state index contributed by atoms with van der Waals surface area (Å²) in [6, 6.07) is 0. The largest absolute Gasteiger partial charge is 0.476 e. The molecule has 0 spiro atoms. The lowest BCUT2D eigenvalue weighted by molar-refractivity contribution is -0.154. The number of aliphatic hydroxyl groups is 1. The SMILES string of the molecule is CCCCCCCCCCCCS(=O)(=O)C(CCCCCCC)C(C)OCCCOCC(O)([PH+]=O)C(=O)O. The highest BCUT2D eigenvalue weighted by atomic mass is 32.2. The Morgan fingerprint density at radius 3 is 1.82 bits per heavy atom. The van der Waals surface area contributed by atoms with E-state index in [0.29, 0.717) is 19.3 Å². The molecular formula is C28H56O8PS+. The van der Waals surface area contributed by atoms with E-state index in [4.69, 9.17) is 14.6 Å². The van der Waals surface area contributed by atoms with Gasteiger partial charge in [-0.3, -0.25) is 0 Å². The molecule has 4 unspecified atom stereocenters. The van der Waals surface area contributed by atoms with Gasteiger partial charge in [0.2, 0.25) is 0 Å². The smallest absolute Gasteiger partial charge is 0.390 e. The van der Waals surface area contributed by atoms with Gasteiger partial charge in [-0.2, -0.15) is 0 Å². The van der Waals surface area contributed by atoms with Gasteiger partial charge in [-0.15, -0.1) is 0 Å². The number of carboxylic acid groups (broad SMARTS) is 1. The van der Waals surface area contributed by atoms with Crippen molar-refractivity contribution in [1.29, 1.82) is 0 Å².